The van der Waals surface area contributed by atoms with Gasteiger partial charge in [-0.2, -0.15) is 0 Å². The van der Waals surface area contributed by atoms with E-state index in [1.54, 1.807) is 23.5 Å². The molecule has 0 amide bonds. The topological polar surface area (TPSA) is 17.1 Å². The number of thioether (sulfide) groups is 2. The van der Waals surface area contributed by atoms with Gasteiger partial charge < -0.3 is 0 Å². The van der Waals surface area contributed by atoms with Crippen LogP contribution in [-0.4, -0.2) is 18.3 Å². The Hall–Kier alpha value is -1.19. The molecule has 1 saturated carbocycles. The summed E-state index contributed by atoms with van der Waals surface area (Å²) in [4.78, 5) is 12.8. The van der Waals surface area contributed by atoms with Crippen molar-refractivity contribution in [3.63, 3.8) is 0 Å². The molecule has 0 atom stereocenters. The quantitative estimate of drug-likeness (QED) is 0.520. The molecular formula is C19H22OS2. The Bertz CT molecular complexity index is 591. The molecule has 2 rings (SSSR count). The number of rotatable bonds is 4. The van der Waals surface area contributed by atoms with Crippen molar-refractivity contribution in [2.24, 2.45) is 0 Å². The molecule has 0 saturated heterocycles. The van der Waals surface area contributed by atoms with E-state index in [1.807, 2.05) is 30.4 Å². The lowest BCUT2D eigenvalue weighted by Crippen LogP contribution is -2.05. The van der Waals surface area contributed by atoms with Crippen molar-refractivity contribution in [3.8, 4) is 0 Å². The van der Waals surface area contributed by atoms with Gasteiger partial charge in [0.15, 0.2) is 5.78 Å². The third-order valence-corrected chi connectivity index (χ3v) is 5.93. The molecule has 1 aliphatic carbocycles. The van der Waals surface area contributed by atoms with Crippen LogP contribution in [0.15, 0.2) is 57.9 Å². The van der Waals surface area contributed by atoms with E-state index >= 15 is 0 Å². The molecule has 1 aromatic rings. The standard InChI is InChI=1S/C19H22OS2/c1-21-19(22-2)17-14-7-6-12-16(18(17)20)13-8-11-15-9-4-3-5-10-15/h3-5,8-11,13H,6-7,12,14H2,1-2H3/b11-8+,16-13+. The molecule has 0 spiro atoms. The third-order valence-electron chi connectivity index (χ3n) is 3.69. The van der Waals surface area contributed by atoms with Crippen LogP contribution in [0.2, 0.25) is 0 Å². The van der Waals surface area contributed by atoms with Gasteiger partial charge in [-0.05, 0) is 49.3 Å². The molecule has 0 radical (unpaired) electrons. The lowest BCUT2D eigenvalue weighted by Gasteiger charge is -2.09. The maximum absolute atomic E-state index is 12.8. The first-order chi connectivity index (χ1) is 10.8. The molecule has 0 bridgehead atoms. The second kappa shape index (κ2) is 9.06. The van der Waals surface area contributed by atoms with Crippen LogP contribution in [0.4, 0.5) is 0 Å². The lowest BCUT2D eigenvalue weighted by atomic mass is 10.0. The van der Waals surface area contributed by atoms with Crippen molar-refractivity contribution in [3.05, 3.63) is 63.4 Å². The second-order valence-corrected chi connectivity index (χ2v) is 7.06. The highest BCUT2D eigenvalue weighted by atomic mass is 32.2. The van der Waals surface area contributed by atoms with Crippen molar-refractivity contribution in [2.75, 3.05) is 12.5 Å². The Balaban J connectivity index is 2.22. The zero-order chi connectivity index (χ0) is 15.8. The first kappa shape index (κ1) is 17.2. The molecule has 0 heterocycles. The van der Waals surface area contributed by atoms with Crippen LogP contribution >= 0.6 is 23.5 Å². The Kier molecular flexibility index (Phi) is 7.07. The van der Waals surface area contributed by atoms with Gasteiger partial charge in [-0.1, -0.05) is 48.6 Å². The summed E-state index contributed by atoms with van der Waals surface area (Å²) in [7, 11) is 0. The van der Waals surface area contributed by atoms with Crippen LogP contribution in [0.1, 0.15) is 31.2 Å². The Morgan fingerprint density at radius 3 is 2.41 bits per heavy atom. The molecule has 0 aliphatic heterocycles. The summed E-state index contributed by atoms with van der Waals surface area (Å²) < 4.78 is 1.17. The van der Waals surface area contributed by atoms with Crippen LogP contribution in [0.5, 0.6) is 0 Å². The number of Topliss-reactive ketones (excluding diaryl/α,β-unsaturated/α-hetero) is 1. The van der Waals surface area contributed by atoms with Gasteiger partial charge in [0, 0.05) is 9.81 Å². The number of allylic oxidation sites excluding steroid dienone is 4. The molecular weight excluding hydrogens is 308 g/mol. The summed E-state index contributed by atoms with van der Waals surface area (Å²) in [6.07, 6.45) is 14.2. The minimum Gasteiger partial charge on any atom is -0.289 e. The number of ketones is 1. The van der Waals surface area contributed by atoms with Crippen LogP contribution < -0.4 is 0 Å². The number of benzene rings is 1. The molecule has 1 fully saturated rings. The zero-order valence-electron chi connectivity index (χ0n) is 13.2. The minimum atomic E-state index is 0.244. The van der Waals surface area contributed by atoms with Gasteiger partial charge >= 0.3 is 0 Å². The highest BCUT2D eigenvalue weighted by Gasteiger charge is 2.21. The van der Waals surface area contributed by atoms with Gasteiger partial charge in [-0.25, -0.2) is 0 Å². The average Bonchev–Trinajstić information content (AvgIpc) is 2.73. The Morgan fingerprint density at radius 1 is 1.05 bits per heavy atom. The molecule has 0 aromatic heterocycles. The molecule has 3 heteroatoms. The lowest BCUT2D eigenvalue weighted by molar-refractivity contribution is -0.112. The summed E-state index contributed by atoms with van der Waals surface area (Å²) >= 11 is 3.38. The summed E-state index contributed by atoms with van der Waals surface area (Å²) in [5.41, 5.74) is 3.11. The number of hydrogen-bond donors (Lipinski definition) is 0. The Morgan fingerprint density at radius 2 is 1.73 bits per heavy atom. The smallest absolute Gasteiger partial charge is 0.186 e. The maximum atomic E-state index is 12.8. The van der Waals surface area contributed by atoms with E-state index in [1.165, 1.54) is 4.24 Å². The van der Waals surface area contributed by atoms with Gasteiger partial charge in [0.25, 0.3) is 0 Å². The molecule has 22 heavy (non-hydrogen) atoms. The van der Waals surface area contributed by atoms with Gasteiger partial charge in [0.05, 0.1) is 0 Å². The van der Waals surface area contributed by atoms with Gasteiger partial charge in [0.2, 0.25) is 0 Å². The van der Waals surface area contributed by atoms with Crippen molar-refractivity contribution >= 4 is 35.4 Å². The van der Waals surface area contributed by atoms with Crippen LogP contribution in [0.25, 0.3) is 6.08 Å². The zero-order valence-corrected chi connectivity index (χ0v) is 14.8. The summed E-state index contributed by atoms with van der Waals surface area (Å²) in [6, 6.07) is 10.2. The van der Waals surface area contributed by atoms with Crippen LogP contribution in [0, 0.1) is 0 Å². The molecule has 1 nitrogen and oxygen atoms in total. The van der Waals surface area contributed by atoms with Crippen molar-refractivity contribution in [1.82, 2.24) is 0 Å². The predicted octanol–water partition coefficient (Wildman–Crippen LogP) is 5.71. The minimum absolute atomic E-state index is 0.244. The summed E-state index contributed by atoms with van der Waals surface area (Å²) in [6.45, 7) is 0. The van der Waals surface area contributed by atoms with Crippen molar-refractivity contribution < 1.29 is 4.79 Å². The number of carbonyl (C=O) groups excluding carboxylic acids is 1. The molecule has 0 N–H and O–H groups in total. The molecule has 1 aliphatic rings. The average molecular weight is 331 g/mol. The molecule has 1 aromatic carbocycles. The fraction of sp³-hybridized carbons (Fsp3) is 0.316. The van der Waals surface area contributed by atoms with E-state index in [-0.39, 0.29) is 5.78 Å². The van der Waals surface area contributed by atoms with E-state index in [0.29, 0.717) is 0 Å². The summed E-state index contributed by atoms with van der Waals surface area (Å²) in [5, 5.41) is 0. The van der Waals surface area contributed by atoms with E-state index in [4.69, 9.17) is 0 Å². The van der Waals surface area contributed by atoms with E-state index in [0.717, 1.165) is 42.4 Å². The normalized spacial score (nSPS) is 18.0. The monoisotopic (exact) mass is 330 g/mol. The predicted molar refractivity (Wildman–Crippen MR) is 101 cm³/mol. The van der Waals surface area contributed by atoms with E-state index < -0.39 is 0 Å². The van der Waals surface area contributed by atoms with Crippen LogP contribution in [0.3, 0.4) is 0 Å². The molecule has 0 unspecified atom stereocenters. The van der Waals surface area contributed by atoms with Crippen molar-refractivity contribution in [2.45, 2.75) is 25.7 Å². The van der Waals surface area contributed by atoms with Crippen LogP contribution in [-0.2, 0) is 4.79 Å². The Labute approximate surface area is 142 Å². The number of hydrogen-bond acceptors (Lipinski definition) is 3. The fourth-order valence-electron chi connectivity index (χ4n) is 2.56. The maximum Gasteiger partial charge on any atom is 0.186 e. The largest absolute Gasteiger partial charge is 0.289 e. The second-order valence-electron chi connectivity index (χ2n) is 5.17. The highest BCUT2D eigenvalue weighted by Crippen LogP contribution is 2.34. The SMILES string of the molecule is CSC(SC)=C1CCCC/C(=C\C=C\c2ccccc2)C1=O. The van der Waals surface area contributed by atoms with Gasteiger partial charge in [0.1, 0.15) is 0 Å². The first-order valence-electron chi connectivity index (χ1n) is 7.54. The summed E-state index contributed by atoms with van der Waals surface area (Å²) in [5.74, 6) is 0.244. The molecule has 116 valence electrons. The highest BCUT2D eigenvalue weighted by molar-refractivity contribution is 8.21. The van der Waals surface area contributed by atoms with Gasteiger partial charge in [-0.3, -0.25) is 4.79 Å². The number of carbonyl (C=O) groups is 1. The van der Waals surface area contributed by atoms with Crippen molar-refractivity contribution in [1.29, 1.82) is 0 Å². The van der Waals surface area contributed by atoms with E-state index in [2.05, 4.69) is 30.7 Å². The fourth-order valence-corrected chi connectivity index (χ4v) is 4.11. The van der Waals surface area contributed by atoms with E-state index in [9.17, 15) is 4.79 Å². The third kappa shape index (κ3) is 4.65. The first-order valence-corrected chi connectivity index (χ1v) is 9.99. The van der Waals surface area contributed by atoms with Gasteiger partial charge in [-0.15, -0.1) is 23.5 Å².